The number of anilines is 1. The van der Waals surface area contributed by atoms with E-state index in [0.29, 0.717) is 5.56 Å². The van der Waals surface area contributed by atoms with Crippen molar-refractivity contribution in [1.29, 1.82) is 0 Å². The largest absolute Gasteiger partial charge is 0.489 e. The van der Waals surface area contributed by atoms with Gasteiger partial charge in [-0.05, 0) is 18.2 Å². The van der Waals surface area contributed by atoms with Crippen LogP contribution < -0.4 is 9.64 Å². The first-order chi connectivity index (χ1) is 9.58. The van der Waals surface area contributed by atoms with Gasteiger partial charge in [0.15, 0.2) is 0 Å². The van der Waals surface area contributed by atoms with E-state index in [1.54, 1.807) is 24.3 Å². The molecule has 0 spiro atoms. The summed E-state index contributed by atoms with van der Waals surface area (Å²) in [6.07, 6.45) is 0. The Hall–Kier alpha value is -2.49. The van der Waals surface area contributed by atoms with E-state index in [1.165, 1.54) is 0 Å². The molecule has 2 rings (SSSR count). The summed E-state index contributed by atoms with van der Waals surface area (Å²) in [5, 5.41) is 9.12. The predicted octanol–water partition coefficient (Wildman–Crippen LogP) is 3.03. The summed E-state index contributed by atoms with van der Waals surface area (Å²) in [4.78, 5) is 13.1. The third kappa shape index (κ3) is 3.29. The summed E-state index contributed by atoms with van der Waals surface area (Å²) in [6, 6.07) is 14.5. The average molecular weight is 271 g/mol. The summed E-state index contributed by atoms with van der Waals surface area (Å²) in [7, 11) is 3.91. The molecule has 4 heteroatoms. The van der Waals surface area contributed by atoms with Crippen LogP contribution in [-0.4, -0.2) is 25.2 Å². The molecule has 1 N–H and O–H groups in total. The van der Waals surface area contributed by atoms with Crippen LogP contribution in [0.15, 0.2) is 48.5 Å². The van der Waals surface area contributed by atoms with E-state index in [1.807, 2.05) is 43.3 Å². The zero-order chi connectivity index (χ0) is 14.5. The van der Waals surface area contributed by atoms with Gasteiger partial charge in [0.1, 0.15) is 12.4 Å². The van der Waals surface area contributed by atoms with Gasteiger partial charge in [-0.25, -0.2) is 4.79 Å². The standard InChI is InChI=1S/C16H17NO3/c1-17(2)13-7-5-8-14(10-13)20-11-12-6-3-4-9-15(12)16(18)19/h3-10H,11H2,1-2H3,(H,18,19). The monoisotopic (exact) mass is 271 g/mol. The lowest BCUT2D eigenvalue weighted by Crippen LogP contribution is -2.09. The van der Waals surface area contributed by atoms with Crippen molar-refractivity contribution in [2.75, 3.05) is 19.0 Å². The fourth-order valence-electron chi connectivity index (χ4n) is 1.87. The highest BCUT2D eigenvalue weighted by atomic mass is 16.5. The molecule has 0 fully saturated rings. The Kier molecular flexibility index (Phi) is 4.25. The number of nitrogens with zero attached hydrogens (tertiary/aromatic N) is 1. The van der Waals surface area contributed by atoms with Crippen LogP contribution in [0.2, 0.25) is 0 Å². The van der Waals surface area contributed by atoms with Crippen molar-refractivity contribution in [1.82, 2.24) is 0 Å². The van der Waals surface area contributed by atoms with Crippen molar-refractivity contribution >= 4 is 11.7 Å². The smallest absolute Gasteiger partial charge is 0.336 e. The molecule has 0 heterocycles. The van der Waals surface area contributed by atoms with E-state index in [4.69, 9.17) is 9.84 Å². The second-order valence-corrected chi connectivity index (χ2v) is 4.64. The molecule has 0 unspecified atom stereocenters. The van der Waals surface area contributed by atoms with Crippen LogP contribution in [0, 0.1) is 0 Å². The number of hydrogen-bond donors (Lipinski definition) is 1. The van der Waals surface area contributed by atoms with Gasteiger partial charge in [-0.2, -0.15) is 0 Å². The van der Waals surface area contributed by atoms with Crippen LogP contribution >= 0.6 is 0 Å². The first-order valence-corrected chi connectivity index (χ1v) is 6.29. The fraction of sp³-hybridized carbons (Fsp3) is 0.188. The molecule has 4 nitrogen and oxygen atoms in total. The highest BCUT2D eigenvalue weighted by molar-refractivity contribution is 5.89. The maximum Gasteiger partial charge on any atom is 0.336 e. The van der Waals surface area contributed by atoms with Gasteiger partial charge in [0.05, 0.1) is 5.56 Å². The van der Waals surface area contributed by atoms with Crippen molar-refractivity contribution in [2.24, 2.45) is 0 Å². The minimum atomic E-state index is -0.939. The molecule has 0 aliphatic carbocycles. The molecule has 0 saturated carbocycles. The number of rotatable bonds is 5. The third-order valence-corrected chi connectivity index (χ3v) is 2.98. The van der Waals surface area contributed by atoms with Crippen molar-refractivity contribution in [3.63, 3.8) is 0 Å². The third-order valence-electron chi connectivity index (χ3n) is 2.98. The van der Waals surface area contributed by atoms with E-state index in [2.05, 4.69) is 0 Å². The molecule has 0 atom stereocenters. The molecule has 104 valence electrons. The lowest BCUT2D eigenvalue weighted by atomic mass is 10.1. The maximum atomic E-state index is 11.1. The summed E-state index contributed by atoms with van der Waals surface area (Å²) in [5.41, 5.74) is 1.97. The zero-order valence-electron chi connectivity index (χ0n) is 11.5. The average Bonchev–Trinajstić information content (AvgIpc) is 2.45. The first-order valence-electron chi connectivity index (χ1n) is 6.29. The summed E-state index contributed by atoms with van der Waals surface area (Å²) >= 11 is 0. The molecule has 0 bridgehead atoms. The van der Waals surface area contributed by atoms with Crippen LogP contribution in [0.1, 0.15) is 15.9 Å². The zero-order valence-corrected chi connectivity index (χ0v) is 11.5. The Balaban J connectivity index is 2.13. The fourth-order valence-corrected chi connectivity index (χ4v) is 1.87. The summed E-state index contributed by atoms with van der Waals surface area (Å²) in [5.74, 6) is -0.220. The lowest BCUT2D eigenvalue weighted by molar-refractivity contribution is 0.0694. The van der Waals surface area contributed by atoms with Crippen LogP contribution in [0.3, 0.4) is 0 Å². The van der Waals surface area contributed by atoms with Crippen molar-refractivity contribution in [3.05, 3.63) is 59.7 Å². The van der Waals surface area contributed by atoms with Crippen molar-refractivity contribution < 1.29 is 14.6 Å². The van der Waals surface area contributed by atoms with Crippen molar-refractivity contribution in [3.8, 4) is 5.75 Å². The number of carboxylic acids is 1. The Morgan fingerprint density at radius 1 is 1.15 bits per heavy atom. The number of ether oxygens (including phenoxy) is 1. The summed E-state index contributed by atoms with van der Waals surface area (Å²) in [6.45, 7) is 0.235. The molecular weight excluding hydrogens is 254 g/mol. The Morgan fingerprint density at radius 3 is 2.60 bits per heavy atom. The van der Waals surface area contributed by atoms with E-state index in [9.17, 15) is 4.79 Å². The van der Waals surface area contributed by atoms with E-state index in [0.717, 1.165) is 11.4 Å². The van der Waals surface area contributed by atoms with Gasteiger partial charge in [0.25, 0.3) is 0 Å². The van der Waals surface area contributed by atoms with Gasteiger partial charge in [0.2, 0.25) is 0 Å². The SMILES string of the molecule is CN(C)c1cccc(OCc2ccccc2C(=O)O)c1. The number of carboxylic acid groups (broad SMARTS) is 1. The molecule has 20 heavy (non-hydrogen) atoms. The van der Waals surface area contributed by atoms with Gasteiger partial charge in [-0.15, -0.1) is 0 Å². The van der Waals surface area contributed by atoms with Crippen LogP contribution in [-0.2, 0) is 6.61 Å². The van der Waals surface area contributed by atoms with Gasteiger partial charge < -0.3 is 14.7 Å². The molecule has 0 amide bonds. The normalized spacial score (nSPS) is 10.1. The molecule has 0 radical (unpaired) electrons. The molecule has 0 saturated heterocycles. The molecule has 2 aromatic rings. The quantitative estimate of drug-likeness (QED) is 0.908. The van der Waals surface area contributed by atoms with Crippen molar-refractivity contribution in [2.45, 2.75) is 6.61 Å². The Labute approximate surface area is 118 Å². The number of hydrogen-bond acceptors (Lipinski definition) is 3. The number of carbonyl (C=O) groups is 1. The lowest BCUT2D eigenvalue weighted by Gasteiger charge is -2.14. The van der Waals surface area contributed by atoms with Crippen LogP contribution in [0.5, 0.6) is 5.75 Å². The Morgan fingerprint density at radius 2 is 1.90 bits per heavy atom. The maximum absolute atomic E-state index is 11.1. The second-order valence-electron chi connectivity index (χ2n) is 4.64. The number of aromatic carboxylic acids is 1. The Bertz CT molecular complexity index is 608. The molecule has 2 aromatic carbocycles. The molecule has 0 aliphatic heterocycles. The molecular formula is C16H17NO3. The van der Waals surface area contributed by atoms with Crippen LogP contribution in [0.4, 0.5) is 5.69 Å². The topological polar surface area (TPSA) is 49.8 Å². The summed E-state index contributed by atoms with van der Waals surface area (Å²) < 4.78 is 5.68. The number of benzene rings is 2. The highest BCUT2D eigenvalue weighted by Gasteiger charge is 2.09. The van der Waals surface area contributed by atoms with E-state index < -0.39 is 5.97 Å². The second kappa shape index (κ2) is 6.10. The molecule has 0 aromatic heterocycles. The van der Waals surface area contributed by atoms with E-state index in [-0.39, 0.29) is 12.2 Å². The minimum Gasteiger partial charge on any atom is -0.489 e. The van der Waals surface area contributed by atoms with Gasteiger partial charge in [-0.1, -0.05) is 24.3 Å². The highest BCUT2D eigenvalue weighted by Crippen LogP contribution is 2.21. The minimum absolute atomic E-state index is 0.235. The van der Waals surface area contributed by atoms with Gasteiger partial charge in [0, 0.05) is 31.4 Å². The molecule has 0 aliphatic rings. The van der Waals surface area contributed by atoms with Crippen LogP contribution in [0.25, 0.3) is 0 Å². The van der Waals surface area contributed by atoms with Gasteiger partial charge >= 0.3 is 5.97 Å². The van der Waals surface area contributed by atoms with E-state index >= 15 is 0 Å². The first kappa shape index (κ1) is 13.9. The predicted molar refractivity (Wildman–Crippen MR) is 78.5 cm³/mol. The van der Waals surface area contributed by atoms with Gasteiger partial charge in [-0.3, -0.25) is 0 Å².